The first-order chi connectivity index (χ1) is 16.5. The number of aromatic nitrogens is 1. The lowest BCUT2D eigenvalue weighted by Gasteiger charge is -2.29. The van der Waals surface area contributed by atoms with Crippen LogP contribution in [-0.4, -0.2) is 64.9 Å². The Morgan fingerprint density at radius 2 is 1.94 bits per heavy atom. The number of thioether (sulfide) groups is 1. The van der Waals surface area contributed by atoms with Crippen LogP contribution in [0.25, 0.3) is 0 Å². The Bertz CT molecular complexity index is 1120. The van der Waals surface area contributed by atoms with Crippen molar-refractivity contribution in [3.05, 3.63) is 72.4 Å². The van der Waals surface area contributed by atoms with E-state index in [2.05, 4.69) is 59.9 Å². The van der Waals surface area contributed by atoms with Crippen molar-refractivity contribution in [2.45, 2.75) is 31.6 Å². The average molecular weight is 626 g/mol. The minimum absolute atomic E-state index is 0.0864. The highest BCUT2D eigenvalue weighted by atomic mass is 79.9. The second-order valence-electron chi connectivity index (χ2n) is 9.15. The van der Waals surface area contributed by atoms with Crippen molar-refractivity contribution in [2.75, 3.05) is 44.2 Å². The normalized spacial score (nSPS) is 21.2. The maximum Gasteiger partial charge on any atom is 0.236 e. The highest BCUT2D eigenvalue weighted by molar-refractivity contribution is 9.10. The van der Waals surface area contributed by atoms with Gasteiger partial charge in [0.25, 0.3) is 0 Å². The Hall–Kier alpha value is -0.860. The molecule has 8 heteroatoms. The van der Waals surface area contributed by atoms with Gasteiger partial charge < -0.3 is 4.90 Å². The second-order valence-corrected chi connectivity index (χ2v) is 12.5. The predicted octanol–water partition coefficient (Wildman–Crippen LogP) is 6.09. The molecule has 4 nitrogen and oxygen atoms in total. The summed E-state index contributed by atoms with van der Waals surface area (Å²) in [4.78, 5) is 22.4. The zero-order chi connectivity index (χ0) is 23.7. The van der Waals surface area contributed by atoms with E-state index in [-0.39, 0.29) is 11.8 Å². The molecule has 1 atom stereocenters. The average Bonchev–Trinajstić information content (AvgIpc) is 3.17. The van der Waals surface area contributed by atoms with Gasteiger partial charge >= 0.3 is 0 Å². The summed E-state index contributed by atoms with van der Waals surface area (Å²) in [6.45, 7) is 4.13. The Morgan fingerprint density at radius 1 is 1.12 bits per heavy atom. The molecule has 0 saturated carbocycles. The second kappa shape index (κ2) is 11.0. The van der Waals surface area contributed by atoms with Crippen LogP contribution in [0.15, 0.2) is 45.0 Å². The Morgan fingerprint density at radius 3 is 2.76 bits per heavy atom. The SMILES string of the molecule is O=C(CN1CCSCC1)N1CCC=C(C2c3ccc(Cl)c(Br)c3CCc3cc(Br)cnc32)CC1. The van der Waals surface area contributed by atoms with Gasteiger partial charge in [-0.2, -0.15) is 11.8 Å². The molecule has 5 rings (SSSR count). The van der Waals surface area contributed by atoms with Gasteiger partial charge in [-0.05, 0) is 86.4 Å². The maximum absolute atomic E-state index is 13.1. The van der Waals surface area contributed by atoms with Gasteiger partial charge in [-0.15, -0.1) is 0 Å². The smallest absolute Gasteiger partial charge is 0.236 e. The fraction of sp³-hybridized carbons (Fsp3) is 0.462. The molecule has 3 aliphatic rings. The standard InChI is InChI=1S/C26H28Br2ClN3OS/c27-19-14-18-3-4-21-20(5-6-22(29)25(21)28)24(26(18)30-15-19)17-2-1-8-32(9-7-17)23(33)16-31-10-12-34-13-11-31/h2,5-6,14-15,24H,1,3-4,7-13,16H2. The number of benzene rings is 1. The molecule has 1 saturated heterocycles. The number of carbonyl (C=O) groups is 1. The molecule has 3 heterocycles. The van der Waals surface area contributed by atoms with E-state index >= 15 is 0 Å². The number of aryl methyl sites for hydroxylation is 1. The molecule has 1 fully saturated rings. The molecule has 0 N–H and O–H groups in total. The van der Waals surface area contributed by atoms with Gasteiger partial charge in [-0.3, -0.25) is 14.7 Å². The van der Waals surface area contributed by atoms with Crippen molar-refractivity contribution in [1.82, 2.24) is 14.8 Å². The fourth-order valence-corrected chi connectivity index (χ4v) is 7.41. The van der Waals surface area contributed by atoms with Crippen LogP contribution in [0.5, 0.6) is 0 Å². The third kappa shape index (κ3) is 5.29. The minimum Gasteiger partial charge on any atom is -0.341 e. The summed E-state index contributed by atoms with van der Waals surface area (Å²) in [5.74, 6) is 2.60. The number of hydrogen-bond donors (Lipinski definition) is 0. The van der Waals surface area contributed by atoms with Crippen molar-refractivity contribution in [3.8, 4) is 0 Å². The van der Waals surface area contributed by atoms with E-state index in [0.717, 1.165) is 83.0 Å². The highest BCUT2D eigenvalue weighted by Crippen LogP contribution is 2.44. The summed E-state index contributed by atoms with van der Waals surface area (Å²) >= 11 is 15.8. The molecular weight excluding hydrogens is 598 g/mol. The van der Waals surface area contributed by atoms with Crippen molar-refractivity contribution >= 4 is 61.1 Å². The van der Waals surface area contributed by atoms with Crippen molar-refractivity contribution in [1.29, 1.82) is 0 Å². The van der Waals surface area contributed by atoms with Crippen LogP contribution in [0.2, 0.25) is 5.02 Å². The molecular formula is C26H28Br2ClN3OS. The summed E-state index contributed by atoms with van der Waals surface area (Å²) < 4.78 is 2.00. The first kappa shape index (κ1) is 24.8. The van der Waals surface area contributed by atoms with E-state index < -0.39 is 0 Å². The monoisotopic (exact) mass is 623 g/mol. The van der Waals surface area contributed by atoms with Gasteiger partial charge in [-0.1, -0.05) is 29.3 Å². The van der Waals surface area contributed by atoms with Crippen molar-refractivity contribution in [2.24, 2.45) is 0 Å². The number of hydrogen-bond acceptors (Lipinski definition) is 4. The highest BCUT2D eigenvalue weighted by Gasteiger charge is 2.31. The van der Waals surface area contributed by atoms with E-state index in [1.54, 1.807) is 0 Å². The van der Waals surface area contributed by atoms with Gasteiger partial charge in [0.15, 0.2) is 0 Å². The maximum atomic E-state index is 13.1. The molecule has 1 amide bonds. The lowest BCUT2D eigenvalue weighted by atomic mass is 9.83. The largest absolute Gasteiger partial charge is 0.341 e. The molecule has 34 heavy (non-hydrogen) atoms. The molecule has 1 aromatic carbocycles. The van der Waals surface area contributed by atoms with Gasteiger partial charge in [0.2, 0.25) is 5.91 Å². The Balaban J connectivity index is 1.42. The van der Waals surface area contributed by atoms with E-state index in [4.69, 9.17) is 16.6 Å². The van der Waals surface area contributed by atoms with Gasteiger partial charge in [-0.25, -0.2) is 0 Å². The molecule has 2 aromatic rings. The molecule has 2 aliphatic heterocycles. The van der Waals surface area contributed by atoms with E-state index in [9.17, 15) is 4.79 Å². The molecule has 0 bridgehead atoms. The Kier molecular flexibility index (Phi) is 8.06. The van der Waals surface area contributed by atoms with E-state index in [0.29, 0.717) is 6.54 Å². The zero-order valence-electron chi connectivity index (χ0n) is 19.0. The molecule has 1 unspecified atom stereocenters. The van der Waals surface area contributed by atoms with Crippen LogP contribution in [0, 0.1) is 0 Å². The summed E-state index contributed by atoms with van der Waals surface area (Å²) in [6.07, 6.45) is 7.86. The summed E-state index contributed by atoms with van der Waals surface area (Å²) in [5.41, 5.74) is 6.32. The summed E-state index contributed by atoms with van der Waals surface area (Å²) in [6, 6.07) is 6.38. The number of nitrogens with zero attached hydrogens (tertiary/aromatic N) is 3. The van der Waals surface area contributed by atoms with Crippen LogP contribution in [-0.2, 0) is 17.6 Å². The van der Waals surface area contributed by atoms with Crippen molar-refractivity contribution in [3.63, 3.8) is 0 Å². The topological polar surface area (TPSA) is 36.4 Å². The minimum atomic E-state index is 0.0864. The first-order valence-electron chi connectivity index (χ1n) is 11.9. The number of pyridine rings is 1. The van der Waals surface area contributed by atoms with Crippen LogP contribution in [0.4, 0.5) is 0 Å². The van der Waals surface area contributed by atoms with E-state index in [1.165, 1.54) is 22.3 Å². The first-order valence-corrected chi connectivity index (χ1v) is 15.0. The number of amides is 1. The third-order valence-corrected chi connectivity index (χ3v) is 9.92. The molecule has 1 aromatic heterocycles. The van der Waals surface area contributed by atoms with Crippen LogP contribution < -0.4 is 0 Å². The van der Waals surface area contributed by atoms with Gasteiger partial charge in [0, 0.05) is 58.7 Å². The van der Waals surface area contributed by atoms with Crippen LogP contribution >= 0.6 is 55.2 Å². The zero-order valence-corrected chi connectivity index (χ0v) is 23.8. The lowest BCUT2D eigenvalue weighted by Crippen LogP contribution is -2.43. The summed E-state index contributed by atoms with van der Waals surface area (Å²) in [7, 11) is 0. The molecule has 180 valence electrons. The number of carbonyl (C=O) groups excluding carboxylic acids is 1. The number of halogens is 3. The molecule has 0 spiro atoms. The predicted molar refractivity (Wildman–Crippen MR) is 148 cm³/mol. The number of rotatable bonds is 3. The van der Waals surface area contributed by atoms with Crippen LogP contribution in [0.3, 0.4) is 0 Å². The fourth-order valence-electron chi connectivity index (χ4n) is 5.31. The quantitative estimate of drug-likeness (QED) is 0.387. The van der Waals surface area contributed by atoms with Gasteiger partial charge in [0.1, 0.15) is 0 Å². The van der Waals surface area contributed by atoms with Crippen LogP contribution in [0.1, 0.15) is 41.1 Å². The molecule has 0 radical (unpaired) electrons. The third-order valence-electron chi connectivity index (χ3n) is 7.09. The van der Waals surface area contributed by atoms with Gasteiger partial charge in [0.05, 0.1) is 17.3 Å². The Labute approximate surface area is 227 Å². The number of fused-ring (bicyclic) bond motifs is 2. The van der Waals surface area contributed by atoms with E-state index in [1.807, 2.05) is 24.0 Å². The lowest BCUT2D eigenvalue weighted by molar-refractivity contribution is -0.132. The summed E-state index contributed by atoms with van der Waals surface area (Å²) in [5, 5.41) is 0.750. The van der Waals surface area contributed by atoms with Crippen molar-refractivity contribution < 1.29 is 4.79 Å². The molecule has 1 aliphatic carbocycles.